The van der Waals surface area contributed by atoms with Gasteiger partial charge in [-0.15, -0.1) is 0 Å². The third kappa shape index (κ3) is 19.0. The molecule has 0 bridgehead atoms. The average molecular weight is 392 g/mol. The van der Waals surface area contributed by atoms with Gasteiger partial charge in [-0.2, -0.15) is 20.3 Å². The zero-order chi connectivity index (χ0) is 7.11. The molecule has 0 nitrogen and oxygen atoms in total. The summed E-state index contributed by atoms with van der Waals surface area (Å²) in [6.07, 6.45) is 8.09. The van der Waals surface area contributed by atoms with Crippen LogP contribution in [-0.4, -0.2) is 0 Å². The van der Waals surface area contributed by atoms with Crippen LogP contribution in [0, 0.1) is 18.8 Å². The van der Waals surface area contributed by atoms with Gasteiger partial charge in [-0.05, 0) is 0 Å². The second-order valence-electron chi connectivity index (χ2n) is 2.47. The van der Waals surface area contributed by atoms with Gasteiger partial charge in [0.1, 0.15) is 0 Å². The first-order chi connectivity index (χ1) is 4.31. The molecular weight excluding hydrogens is 375 g/mol. The van der Waals surface area contributed by atoms with Crippen molar-refractivity contribution in [2.75, 3.05) is 0 Å². The Balaban J connectivity index is -0.000000107. The topological polar surface area (TPSA) is 0 Å². The van der Waals surface area contributed by atoms with Crippen LogP contribution in [0.4, 0.5) is 0 Å². The van der Waals surface area contributed by atoms with E-state index < -0.39 is 0 Å². The van der Waals surface area contributed by atoms with E-state index in [1.165, 1.54) is 19.3 Å². The molecule has 0 N–H and O–H groups in total. The smallest absolute Gasteiger partial charge is 0 e. The molecule has 3 heteroatoms. The molecule has 0 atom stereocenters. The molecule has 0 fully saturated rings. The van der Waals surface area contributed by atoms with Crippen molar-refractivity contribution in [3.05, 3.63) is 18.8 Å². The average Bonchev–Trinajstić information content (AvgIpc) is 1.85. The van der Waals surface area contributed by atoms with Crippen LogP contribution in [0.2, 0.25) is 0 Å². The van der Waals surface area contributed by atoms with Crippen molar-refractivity contribution in [2.45, 2.75) is 40.0 Å². The maximum atomic E-state index is 2.32. The van der Waals surface area contributed by atoms with E-state index in [0.717, 1.165) is 0 Å². The molecule has 0 rings (SSSR count). The minimum atomic E-state index is 0. The Morgan fingerprint density at radius 2 is 1.58 bits per heavy atom. The summed E-state index contributed by atoms with van der Waals surface area (Å²) in [5.41, 5.74) is 0. The van der Waals surface area contributed by atoms with Gasteiger partial charge in [-0.3, -0.25) is 0 Å². The fourth-order valence-corrected chi connectivity index (χ4v) is 0.823. The fraction of sp³-hybridized carbons (Fsp3) is 0.667. The van der Waals surface area contributed by atoms with Gasteiger partial charge < -0.3 is 31.6 Å². The van der Waals surface area contributed by atoms with Crippen molar-refractivity contribution < 1.29 is 98.1 Å². The number of unbranched alkanes of at least 4 members (excludes halogenated alkanes) is 1. The van der Waals surface area contributed by atoms with Crippen LogP contribution in [-0.2, 0) is 98.1 Å². The number of rotatable bonds is 5. The van der Waals surface area contributed by atoms with Gasteiger partial charge in [0.2, 0.25) is 0 Å². The van der Waals surface area contributed by atoms with Gasteiger partial charge in [0, 0.05) is 98.1 Å². The van der Waals surface area contributed by atoms with Crippen molar-refractivity contribution in [3.63, 3.8) is 0 Å². The quantitative estimate of drug-likeness (QED) is 0.631. The summed E-state index contributed by atoms with van der Waals surface area (Å²) >= 11 is 0. The van der Waals surface area contributed by atoms with E-state index in [4.69, 9.17) is 0 Å². The molecule has 0 aliphatic heterocycles. The molecule has 0 aromatic rings. The van der Waals surface area contributed by atoms with Gasteiger partial charge in [0.25, 0.3) is 0 Å². The predicted octanol–water partition coefficient (Wildman–Crippen LogP) is 3.19. The van der Waals surface area contributed by atoms with Crippen molar-refractivity contribution >= 4 is 0 Å². The first kappa shape index (κ1) is 24.5. The first-order valence-electron chi connectivity index (χ1n) is 3.72. The van der Waals surface area contributed by atoms with E-state index in [2.05, 4.69) is 33.6 Å². The minimum Gasteiger partial charge on any atom is -0.374 e. The summed E-state index contributed by atoms with van der Waals surface area (Å²) in [5, 5.41) is 0. The zero-order valence-electron chi connectivity index (χ0n) is 8.51. The number of hydrogen-bond acceptors (Lipinski definition) is 0. The van der Waals surface area contributed by atoms with Crippen LogP contribution in [0.3, 0.4) is 0 Å². The molecule has 0 aromatic carbocycles. The largest absolute Gasteiger partial charge is 0.374 e. The van der Waals surface area contributed by atoms with Crippen LogP contribution in [0.5, 0.6) is 0 Å². The van der Waals surface area contributed by atoms with E-state index in [-0.39, 0.29) is 98.1 Å². The Labute approximate surface area is 154 Å². The van der Waals surface area contributed by atoms with Crippen molar-refractivity contribution in [3.8, 4) is 0 Å². The van der Waals surface area contributed by atoms with E-state index in [1.54, 1.807) is 5.92 Å². The summed E-state index contributed by atoms with van der Waals surface area (Å²) in [6, 6.07) is 0. The maximum Gasteiger partial charge on any atom is 0 e. The molecule has 0 spiro atoms. The molecule has 3 radical (unpaired) electrons. The molecular formula is C9H17Y3-3. The van der Waals surface area contributed by atoms with Crippen LogP contribution in [0.15, 0.2) is 0 Å². The maximum absolute atomic E-state index is 2.32. The Morgan fingerprint density at radius 1 is 1.08 bits per heavy atom. The molecule has 0 saturated heterocycles. The Hall–Kier alpha value is 3.31. The second-order valence-corrected chi connectivity index (χ2v) is 2.47. The SMILES string of the molecule is C[CH-]C[C-](C)C[CH-]CC.[Y].[Y].[Y]. The van der Waals surface area contributed by atoms with Crippen LogP contribution in [0.25, 0.3) is 0 Å². The van der Waals surface area contributed by atoms with Gasteiger partial charge in [0.05, 0.1) is 0 Å². The summed E-state index contributed by atoms with van der Waals surface area (Å²) in [7, 11) is 0. The van der Waals surface area contributed by atoms with Gasteiger partial charge in [-0.1, -0.05) is 6.92 Å². The summed E-state index contributed by atoms with van der Waals surface area (Å²) in [5.74, 6) is 1.57. The second kappa shape index (κ2) is 19.8. The molecule has 0 heterocycles. The first-order valence-corrected chi connectivity index (χ1v) is 3.72. The van der Waals surface area contributed by atoms with E-state index in [0.29, 0.717) is 0 Å². The third-order valence-electron chi connectivity index (χ3n) is 1.33. The standard InChI is InChI=1S/C9H17.3Y/c1-4-6-8-9(3)7-5-2;;;/h5-6H,4,7-8H2,1-3H3;;;/q-3;;;. The molecule has 0 saturated carbocycles. The molecule has 0 aliphatic carbocycles. The van der Waals surface area contributed by atoms with Gasteiger partial charge in [0.15, 0.2) is 0 Å². The van der Waals surface area contributed by atoms with Crippen molar-refractivity contribution in [1.82, 2.24) is 0 Å². The molecule has 12 heavy (non-hydrogen) atoms. The van der Waals surface area contributed by atoms with Gasteiger partial charge >= 0.3 is 0 Å². The van der Waals surface area contributed by atoms with E-state index in [1.807, 2.05) is 0 Å². The van der Waals surface area contributed by atoms with E-state index >= 15 is 0 Å². The summed E-state index contributed by atoms with van der Waals surface area (Å²) in [6.45, 7) is 6.50. The Bertz CT molecular complexity index is 57.7. The van der Waals surface area contributed by atoms with Gasteiger partial charge in [-0.25, -0.2) is 0 Å². The Morgan fingerprint density at radius 3 is 1.92 bits per heavy atom. The van der Waals surface area contributed by atoms with Crippen LogP contribution in [0.1, 0.15) is 40.0 Å². The minimum absolute atomic E-state index is 0. The van der Waals surface area contributed by atoms with E-state index in [9.17, 15) is 0 Å². The number of hydrogen-bond donors (Lipinski definition) is 0. The molecule has 0 aromatic heterocycles. The van der Waals surface area contributed by atoms with Crippen LogP contribution >= 0.6 is 0 Å². The predicted molar refractivity (Wildman–Crippen MR) is 42.7 cm³/mol. The summed E-state index contributed by atoms with van der Waals surface area (Å²) in [4.78, 5) is 0. The normalized spacial score (nSPS) is 8.00. The monoisotopic (exact) mass is 392 g/mol. The zero-order valence-corrected chi connectivity index (χ0v) is 17.0. The Kier molecular flexibility index (Phi) is 40.5. The molecule has 0 aliphatic rings. The van der Waals surface area contributed by atoms with Crippen LogP contribution < -0.4 is 0 Å². The fourth-order valence-electron chi connectivity index (χ4n) is 0.823. The molecule has 65 valence electrons. The molecule has 0 unspecified atom stereocenters. The molecule has 0 amide bonds. The third-order valence-corrected chi connectivity index (χ3v) is 1.33. The van der Waals surface area contributed by atoms with Crippen molar-refractivity contribution in [2.24, 2.45) is 0 Å². The van der Waals surface area contributed by atoms with Crippen molar-refractivity contribution in [1.29, 1.82) is 0 Å². The summed E-state index contributed by atoms with van der Waals surface area (Å²) < 4.78 is 0.